The summed E-state index contributed by atoms with van der Waals surface area (Å²) in [5.41, 5.74) is 4.26. The number of imidazole rings is 1. The fourth-order valence-corrected chi connectivity index (χ4v) is 8.21. The van der Waals surface area contributed by atoms with Gasteiger partial charge in [0, 0.05) is 30.7 Å². The van der Waals surface area contributed by atoms with Crippen LogP contribution in [0.3, 0.4) is 0 Å². The SMILES string of the molecule is CCCC=CC=CC(=O)SCCNC(=O)CCNC(=O)[C@H](O)C(C)(C)COP(=O)(O)OP(=O)(O)OC[C@H]1O[C@@H](n2cnc3c(N)ncnc32)[C@H](O)[C@@H]1OP(=O)(O)O. The van der Waals surface area contributed by atoms with Crippen LogP contribution in [0.4, 0.5) is 5.82 Å². The highest BCUT2D eigenvalue weighted by Crippen LogP contribution is 2.61. The molecule has 0 spiro atoms. The van der Waals surface area contributed by atoms with Crippen molar-refractivity contribution in [1.82, 2.24) is 30.2 Å². The van der Waals surface area contributed by atoms with Crippen LogP contribution in [0.25, 0.3) is 11.2 Å². The highest BCUT2D eigenvalue weighted by molar-refractivity contribution is 8.14. The molecule has 2 amide bonds. The van der Waals surface area contributed by atoms with E-state index in [2.05, 4.69) is 34.4 Å². The Hall–Kier alpha value is -2.96. The Morgan fingerprint density at radius 1 is 1.07 bits per heavy atom. The predicted octanol–water partition coefficient (Wildman–Crippen LogP) is 0.577. The van der Waals surface area contributed by atoms with Gasteiger partial charge in [-0.2, -0.15) is 4.31 Å². The maximum Gasteiger partial charge on any atom is 0.481 e. The Balaban J connectivity index is 1.47. The number of hydrogen-bond acceptors (Lipinski definition) is 18. The molecule has 3 rings (SSSR count). The van der Waals surface area contributed by atoms with Crippen molar-refractivity contribution < 1.29 is 80.5 Å². The number of allylic oxidation sites excluding steroid dienone is 3. The molecule has 1 saturated heterocycles. The van der Waals surface area contributed by atoms with Crippen molar-refractivity contribution in [3.8, 4) is 0 Å². The van der Waals surface area contributed by atoms with E-state index in [9.17, 15) is 57.9 Å². The number of phosphoric ester groups is 3. The van der Waals surface area contributed by atoms with Crippen molar-refractivity contribution in [3.05, 3.63) is 37.0 Å². The lowest BCUT2D eigenvalue weighted by molar-refractivity contribution is -0.137. The monoisotopic (exact) mass is 889 g/mol. The lowest BCUT2D eigenvalue weighted by atomic mass is 9.87. The highest BCUT2D eigenvalue weighted by atomic mass is 32.2. The number of thioether (sulfide) groups is 1. The third-order valence-corrected chi connectivity index (χ3v) is 11.6. The van der Waals surface area contributed by atoms with Crippen LogP contribution in [-0.2, 0) is 50.7 Å². The molecule has 320 valence electrons. The zero-order valence-corrected chi connectivity index (χ0v) is 34.3. The Labute approximate surface area is 330 Å². The number of nitrogens with zero attached hydrogens (tertiary/aromatic N) is 4. The first-order valence-electron chi connectivity index (χ1n) is 16.9. The van der Waals surface area contributed by atoms with Gasteiger partial charge in [0.2, 0.25) is 16.9 Å². The lowest BCUT2D eigenvalue weighted by Gasteiger charge is -2.30. The Morgan fingerprint density at radius 3 is 2.46 bits per heavy atom. The number of phosphoric acid groups is 3. The minimum absolute atomic E-state index is 0.0296. The molecule has 7 atom stereocenters. The van der Waals surface area contributed by atoms with E-state index in [0.29, 0.717) is 5.75 Å². The molecule has 28 heteroatoms. The zero-order chi connectivity index (χ0) is 42.6. The number of aliphatic hydroxyl groups is 2. The number of carbonyl (C=O) groups is 3. The molecule has 3 heterocycles. The molecule has 1 aliphatic rings. The third-order valence-electron chi connectivity index (χ3n) is 7.68. The molecule has 0 saturated carbocycles. The van der Waals surface area contributed by atoms with E-state index < -0.39 is 84.6 Å². The topological polar surface area (TPSA) is 364 Å². The van der Waals surface area contributed by atoms with Crippen LogP contribution in [0, 0.1) is 5.41 Å². The van der Waals surface area contributed by atoms with Crippen LogP contribution in [0.2, 0.25) is 0 Å². The quantitative estimate of drug-likeness (QED) is 0.0319. The van der Waals surface area contributed by atoms with E-state index in [1.54, 1.807) is 12.2 Å². The second-order valence-corrected chi connectivity index (χ2v) is 18.1. The normalized spacial score (nSPS) is 21.8. The van der Waals surface area contributed by atoms with Gasteiger partial charge >= 0.3 is 23.5 Å². The standard InChI is InChI=1S/C29H46N7O17P3S/c1-4-5-6-7-8-9-20(38)57-13-12-31-19(37)10-11-32-27(41)24(40)29(2,3)15-50-56(47,48)53-55(45,46)49-14-18-23(52-54(42,43)44)22(39)28(51-18)36-17-35-21-25(30)33-16-34-26(21)36/h6-9,16-18,22-24,28,39-40H,4-5,10-15H2,1-3H3,(H,31,37)(H,32,41)(H,45,46)(H,47,48)(H2,30,33,34)(H2,42,43,44)/t18-,22-,23-,24+,28-/m1/s1. The van der Waals surface area contributed by atoms with Crippen LogP contribution in [0.1, 0.15) is 46.3 Å². The highest BCUT2D eigenvalue weighted by Gasteiger charge is 2.50. The fourth-order valence-electron chi connectivity index (χ4n) is 4.81. The van der Waals surface area contributed by atoms with Crippen molar-refractivity contribution >= 4 is 69.1 Å². The molecular formula is C29H46N7O17P3S. The molecule has 10 N–H and O–H groups in total. The summed E-state index contributed by atoms with van der Waals surface area (Å²) in [4.78, 5) is 87.4. The van der Waals surface area contributed by atoms with Gasteiger partial charge in [-0.1, -0.05) is 57.2 Å². The van der Waals surface area contributed by atoms with Gasteiger partial charge in [0.15, 0.2) is 17.7 Å². The summed E-state index contributed by atoms with van der Waals surface area (Å²) in [7, 11) is -16.4. The van der Waals surface area contributed by atoms with Crippen molar-refractivity contribution in [3.63, 3.8) is 0 Å². The molecule has 2 unspecified atom stereocenters. The van der Waals surface area contributed by atoms with E-state index in [4.69, 9.17) is 19.5 Å². The summed E-state index contributed by atoms with van der Waals surface area (Å²) in [5.74, 6) is -1.15. The maximum atomic E-state index is 12.7. The van der Waals surface area contributed by atoms with E-state index >= 15 is 0 Å². The second kappa shape index (κ2) is 21.3. The van der Waals surface area contributed by atoms with Crippen LogP contribution >= 0.6 is 35.2 Å². The van der Waals surface area contributed by atoms with Crippen LogP contribution < -0.4 is 16.4 Å². The van der Waals surface area contributed by atoms with E-state index in [0.717, 1.165) is 41.8 Å². The summed E-state index contributed by atoms with van der Waals surface area (Å²) in [6.45, 7) is 2.50. The number of nitrogens with two attached hydrogens (primary N) is 1. The first-order valence-corrected chi connectivity index (χ1v) is 22.5. The van der Waals surface area contributed by atoms with Gasteiger partial charge < -0.3 is 50.9 Å². The number of nitrogen functional groups attached to an aromatic ring is 1. The van der Waals surface area contributed by atoms with Gasteiger partial charge in [0.1, 0.15) is 36.3 Å². The number of anilines is 1. The van der Waals surface area contributed by atoms with Crippen LogP contribution in [-0.4, -0.2) is 123 Å². The van der Waals surface area contributed by atoms with Gasteiger partial charge in [-0.25, -0.2) is 28.6 Å². The molecule has 24 nitrogen and oxygen atoms in total. The molecule has 0 aliphatic carbocycles. The molecule has 0 bridgehead atoms. The van der Waals surface area contributed by atoms with E-state index in [1.165, 1.54) is 19.9 Å². The zero-order valence-electron chi connectivity index (χ0n) is 30.8. The number of rotatable bonds is 23. The molecule has 0 aromatic carbocycles. The second-order valence-electron chi connectivity index (χ2n) is 12.8. The number of aliphatic hydroxyl groups excluding tert-OH is 2. The van der Waals surface area contributed by atoms with Crippen molar-refractivity contribution in [2.75, 3.05) is 37.8 Å². The minimum atomic E-state index is -5.57. The molecule has 2 aromatic heterocycles. The largest absolute Gasteiger partial charge is 0.481 e. The Morgan fingerprint density at radius 2 is 1.77 bits per heavy atom. The number of nitrogens with one attached hydrogen (secondary N) is 2. The Kier molecular flexibility index (Phi) is 18.1. The summed E-state index contributed by atoms with van der Waals surface area (Å²) in [5, 5.41) is 26.2. The van der Waals surface area contributed by atoms with Gasteiger partial charge in [0.05, 0.1) is 19.5 Å². The summed E-state index contributed by atoms with van der Waals surface area (Å²) >= 11 is 1.01. The van der Waals surface area contributed by atoms with Crippen molar-refractivity contribution in [2.45, 2.75) is 70.7 Å². The molecule has 1 fully saturated rings. The van der Waals surface area contributed by atoms with Crippen molar-refractivity contribution in [2.24, 2.45) is 5.41 Å². The average molecular weight is 890 g/mol. The van der Waals surface area contributed by atoms with E-state index in [-0.39, 0.29) is 41.6 Å². The number of carbonyl (C=O) groups excluding carboxylic acids is 3. The first-order chi connectivity index (χ1) is 26.6. The minimum Gasteiger partial charge on any atom is -0.386 e. The third kappa shape index (κ3) is 15.6. The van der Waals surface area contributed by atoms with Gasteiger partial charge in [-0.3, -0.25) is 32.5 Å². The molecule has 1 aliphatic heterocycles. The number of amides is 2. The summed E-state index contributed by atoms with van der Waals surface area (Å²) in [6.07, 6.45) is 1.75. The smallest absolute Gasteiger partial charge is 0.386 e. The summed E-state index contributed by atoms with van der Waals surface area (Å²) < 4.78 is 62.1. The van der Waals surface area contributed by atoms with Gasteiger partial charge in [0.25, 0.3) is 0 Å². The van der Waals surface area contributed by atoms with E-state index in [1.807, 2.05) is 13.0 Å². The van der Waals surface area contributed by atoms with Crippen LogP contribution in [0.15, 0.2) is 37.0 Å². The van der Waals surface area contributed by atoms with Crippen molar-refractivity contribution in [1.29, 1.82) is 0 Å². The number of ether oxygens (including phenoxy) is 1. The van der Waals surface area contributed by atoms with Gasteiger partial charge in [-0.05, 0) is 12.5 Å². The average Bonchev–Trinajstić information content (AvgIpc) is 3.68. The Bertz CT molecular complexity index is 1910. The molecule has 2 aromatic rings. The predicted molar refractivity (Wildman–Crippen MR) is 200 cm³/mol. The fraction of sp³-hybridized carbons (Fsp3) is 0.586. The van der Waals surface area contributed by atoms with Gasteiger partial charge in [-0.15, -0.1) is 0 Å². The number of aromatic nitrogens is 4. The number of hydrogen-bond donors (Lipinski definition) is 9. The molecule has 0 radical (unpaired) electrons. The molecule has 57 heavy (non-hydrogen) atoms. The lowest BCUT2D eigenvalue weighted by Crippen LogP contribution is -2.46. The first kappa shape index (κ1) is 48.4. The summed E-state index contributed by atoms with van der Waals surface area (Å²) in [6, 6.07) is 0. The maximum absolute atomic E-state index is 12.7. The molecular weight excluding hydrogens is 843 g/mol. The number of unbranched alkanes of at least 4 members (excludes halogenated alkanes) is 1. The van der Waals surface area contributed by atoms with Crippen LogP contribution in [0.5, 0.6) is 0 Å². The number of fused-ring (bicyclic) bond motifs is 1.